The van der Waals surface area contributed by atoms with E-state index in [2.05, 4.69) is 37.2 Å². The first-order valence-electron chi connectivity index (χ1n) is 12.3. The van der Waals surface area contributed by atoms with Gasteiger partial charge in [-0.2, -0.15) is 5.10 Å². The third kappa shape index (κ3) is 8.31. The Morgan fingerprint density at radius 2 is 1.85 bits per heavy atom. The molecule has 40 heavy (non-hydrogen) atoms. The molecule has 0 aliphatic rings. The molecular weight excluding hydrogens is 534 g/mol. The number of nitrogens with zero attached hydrogens (tertiary/aromatic N) is 4. The number of imidazole rings is 1. The summed E-state index contributed by atoms with van der Waals surface area (Å²) in [5.74, 6) is 2.62. The summed E-state index contributed by atoms with van der Waals surface area (Å²) in [5, 5.41) is 10.5. The predicted molar refractivity (Wildman–Crippen MR) is 156 cm³/mol. The number of fused-ring (bicyclic) bond motifs is 1. The number of aromatic nitrogens is 4. The number of hydrogen-bond acceptors (Lipinski definition) is 9. The Morgan fingerprint density at radius 3 is 2.45 bits per heavy atom. The Bertz CT molecular complexity index is 1440. The van der Waals surface area contributed by atoms with Crippen molar-refractivity contribution in [1.82, 2.24) is 19.3 Å². The van der Waals surface area contributed by atoms with Crippen LogP contribution < -0.4 is 28.0 Å². The van der Waals surface area contributed by atoms with E-state index in [1.54, 1.807) is 41.1 Å². The standard InChI is InChI=1S/C24H25N7O3S.CH6NO.CH5N/c1-3-31-20(12-15(2)29-31)22(34)28-24-27-19-13-18(14-32)35-23(19)30(24)11-5-4-10-26-17-8-6-16(7-9-17)21(25)33;1-3-2;1-2/h4-9,12-14,26H,3,10-11H2,1-2H3,(H2,25,33)(H,27,28,34);1-2H3;2H2,1H3/q;+1;/b5-4+;;. The summed E-state index contributed by atoms with van der Waals surface area (Å²) in [5.41, 5.74) is 12.9. The predicted octanol–water partition coefficient (Wildman–Crippen LogP) is 1.82. The van der Waals surface area contributed by atoms with Crippen molar-refractivity contribution in [2.24, 2.45) is 11.5 Å². The summed E-state index contributed by atoms with van der Waals surface area (Å²) < 4.78 is 3.51. The highest BCUT2D eigenvalue weighted by Crippen LogP contribution is 2.28. The van der Waals surface area contributed by atoms with E-state index in [0.717, 1.165) is 22.5 Å². The summed E-state index contributed by atoms with van der Waals surface area (Å²) in [6.45, 7) is 5.33. The second kappa shape index (κ2) is 15.9. The summed E-state index contributed by atoms with van der Waals surface area (Å²) in [4.78, 5) is 45.3. The van der Waals surface area contributed by atoms with Crippen molar-refractivity contribution in [3.05, 3.63) is 70.4 Å². The molecule has 0 spiro atoms. The maximum atomic E-state index is 12.9. The number of nitrogens with two attached hydrogens (primary N) is 2. The van der Waals surface area contributed by atoms with E-state index in [4.69, 9.17) is 5.73 Å². The molecule has 214 valence electrons. The first-order valence-corrected chi connectivity index (χ1v) is 13.1. The molecule has 14 heteroatoms. The Labute approximate surface area is 235 Å². The second-order valence-corrected chi connectivity index (χ2v) is 9.09. The molecular formula is C26H36N9O4S+. The van der Waals surface area contributed by atoms with Crippen LogP contribution in [0.4, 0.5) is 11.6 Å². The summed E-state index contributed by atoms with van der Waals surface area (Å²) in [6, 6.07) is 10.4. The molecule has 0 unspecified atom stereocenters. The third-order valence-corrected chi connectivity index (χ3v) is 6.34. The number of benzene rings is 1. The Kier molecular flexibility index (Phi) is 12.7. The first kappa shape index (κ1) is 31.8. The van der Waals surface area contributed by atoms with Crippen LogP contribution in [0.2, 0.25) is 0 Å². The number of allylic oxidation sites excluding steroid dienone is 1. The number of hydrogen-bond donors (Lipinski definition) is 5. The van der Waals surface area contributed by atoms with Crippen LogP contribution in [0.1, 0.15) is 43.1 Å². The van der Waals surface area contributed by atoms with Crippen molar-refractivity contribution in [1.29, 1.82) is 0 Å². The highest BCUT2D eigenvalue weighted by atomic mass is 32.1. The number of aryl methyl sites for hydroxylation is 2. The number of rotatable bonds is 10. The largest absolute Gasteiger partial charge is 0.382 e. The molecule has 0 fully saturated rings. The number of amides is 2. The number of nitrogens with one attached hydrogen (secondary N) is 2. The van der Waals surface area contributed by atoms with Gasteiger partial charge in [0.05, 0.1) is 17.7 Å². The van der Waals surface area contributed by atoms with Crippen LogP contribution in [-0.4, -0.2) is 58.1 Å². The van der Waals surface area contributed by atoms with E-state index >= 15 is 0 Å². The minimum absolute atomic E-state index is 0.299. The summed E-state index contributed by atoms with van der Waals surface area (Å²) in [7, 11) is 3.01. The molecule has 0 saturated heterocycles. The maximum Gasteiger partial charge on any atom is 0.276 e. The van der Waals surface area contributed by atoms with Crippen LogP contribution in [0, 0.1) is 6.92 Å². The van der Waals surface area contributed by atoms with E-state index in [0.29, 0.717) is 47.2 Å². The fourth-order valence-electron chi connectivity index (χ4n) is 3.58. The van der Waals surface area contributed by atoms with Crippen LogP contribution in [-0.2, 0) is 17.9 Å². The summed E-state index contributed by atoms with van der Waals surface area (Å²) >= 11 is 1.32. The molecule has 4 aromatic rings. The topological polar surface area (TPSA) is 200 Å². The number of primary amides is 1. The van der Waals surface area contributed by atoms with Crippen molar-refractivity contribution >= 4 is 51.4 Å². The highest BCUT2D eigenvalue weighted by Gasteiger charge is 2.19. The molecule has 13 nitrogen and oxygen atoms in total. The van der Waals surface area contributed by atoms with Crippen LogP contribution >= 0.6 is 11.3 Å². The number of quaternary nitrogens is 1. The molecule has 1 aromatic carbocycles. The van der Waals surface area contributed by atoms with Gasteiger partial charge in [0, 0.05) is 30.9 Å². The van der Waals surface area contributed by atoms with Gasteiger partial charge in [-0.05, 0) is 57.3 Å². The minimum atomic E-state index is -0.466. The fraction of sp³-hybridized carbons (Fsp3) is 0.269. The number of aldehydes is 1. The van der Waals surface area contributed by atoms with Crippen LogP contribution in [0.5, 0.6) is 0 Å². The molecule has 3 heterocycles. The molecule has 0 atom stereocenters. The monoisotopic (exact) mass is 570 g/mol. The van der Waals surface area contributed by atoms with E-state index in [9.17, 15) is 14.4 Å². The van der Waals surface area contributed by atoms with Gasteiger partial charge in [-0.15, -0.1) is 11.3 Å². The fourth-order valence-corrected chi connectivity index (χ4v) is 4.51. The molecule has 0 radical (unpaired) electrons. The Morgan fingerprint density at radius 1 is 1.18 bits per heavy atom. The lowest BCUT2D eigenvalue weighted by molar-refractivity contribution is -0.679. The van der Waals surface area contributed by atoms with Crippen molar-refractivity contribution in [2.45, 2.75) is 26.9 Å². The van der Waals surface area contributed by atoms with Gasteiger partial charge in [0.2, 0.25) is 11.9 Å². The lowest BCUT2D eigenvalue weighted by Gasteiger charge is -2.09. The molecule has 9 N–H and O–H groups in total. The van der Waals surface area contributed by atoms with E-state index in [1.807, 2.05) is 30.6 Å². The maximum absolute atomic E-state index is 12.9. The zero-order valence-corrected chi connectivity index (χ0v) is 23.8. The molecule has 0 aliphatic heterocycles. The van der Waals surface area contributed by atoms with Gasteiger partial charge in [0.15, 0.2) is 6.29 Å². The summed E-state index contributed by atoms with van der Waals surface area (Å²) in [6.07, 6.45) is 4.69. The molecule has 0 bridgehead atoms. The smallest absolute Gasteiger partial charge is 0.276 e. The van der Waals surface area contributed by atoms with Crippen LogP contribution in [0.3, 0.4) is 0 Å². The van der Waals surface area contributed by atoms with Gasteiger partial charge >= 0.3 is 0 Å². The quantitative estimate of drug-likeness (QED) is 0.108. The molecule has 2 amide bonds. The first-order chi connectivity index (χ1) is 19.3. The number of thiophene rings is 1. The zero-order chi connectivity index (χ0) is 29.7. The van der Waals surface area contributed by atoms with Gasteiger partial charge in [-0.25, -0.2) is 15.7 Å². The van der Waals surface area contributed by atoms with Gasteiger partial charge in [-0.1, -0.05) is 12.2 Å². The average Bonchev–Trinajstić information content (AvgIpc) is 3.63. The van der Waals surface area contributed by atoms with E-state index in [1.165, 1.54) is 25.5 Å². The van der Waals surface area contributed by atoms with Gasteiger partial charge in [-0.3, -0.25) is 28.9 Å². The van der Waals surface area contributed by atoms with E-state index in [-0.39, 0.29) is 5.91 Å². The zero-order valence-electron chi connectivity index (χ0n) is 23.0. The lowest BCUT2D eigenvalue weighted by Crippen LogP contribution is -2.46. The highest BCUT2D eigenvalue weighted by molar-refractivity contribution is 7.20. The molecule has 3 aromatic heterocycles. The van der Waals surface area contributed by atoms with Crippen molar-refractivity contribution in [3.63, 3.8) is 0 Å². The number of anilines is 2. The molecule has 4 rings (SSSR count). The normalized spacial score (nSPS) is 10.4. The third-order valence-electron chi connectivity index (χ3n) is 5.26. The van der Waals surface area contributed by atoms with Crippen molar-refractivity contribution in [3.8, 4) is 0 Å². The van der Waals surface area contributed by atoms with Crippen LogP contribution in [0.15, 0.2) is 48.6 Å². The number of carbonyl (C=O) groups excluding carboxylic acids is 3. The van der Waals surface area contributed by atoms with Crippen LogP contribution in [0.25, 0.3) is 10.3 Å². The average molecular weight is 571 g/mol. The number of carbonyl (C=O) groups is 3. The minimum Gasteiger partial charge on any atom is -0.382 e. The van der Waals surface area contributed by atoms with Gasteiger partial charge in [0.25, 0.3) is 5.91 Å². The Balaban J connectivity index is 0.00000105. The molecule has 0 aliphatic carbocycles. The van der Waals surface area contributed by atoms with Gasteiger partial charge < -0.3 is 16.8 Å². The Hall–Kier alpha value is -4.37. The van der Waals surface area contributed by atoms with Gasteiger partial charge in [0.1, 0.15) is 16.0 Å². The second-order valence-electron chi connectivity index (χ2n) is 8.03. The van der Waals surface area contributed by atoms with Crippen molar-refractivity contribution in [2.75, 3.05) is 31.3 Å². The van der Waals surface area contributed by atoms with Crippen molar-refractivity contribution < 1.29 is 25.1 Å². The molecule has 0 saturated carbocycles. The SMILES string of the molecule is CCn1nc(C)cc1C(=O)Nc1nc2cc(C=O)sc2n1C/C=C/CNc1ccc(C(N)=O)cc1.CN.CO[NH3+]. The lowest BCUT2D eigenvalue weighted by atomic mass is 10.2. The van der Waals surface area contributed by atoms with E-state index < -0.39 is 5.91 Å².